The molecule has 2 aliphatic heterocycles. The second-order valence-electron chi connectivity index (χ2n) is 14.1. The van der Waals surface area contributed by atoms with Crippen molar-refractivity contribution in [3.63, 3.8) is 0 Å². The zero-order valence-corrected chi connectivity index (χ0v) is 28.9. The number of hydrogen-bond donors (Lipinski definition) is 0. The minimum absolute atomic E-state index is 0.529. The Labute approximate surface area is 305 Å². The Morgan fingerprint density at radius 2 is 1.00 bits per heavy atom. The molecule has 1 unspecified atom stereocenters. The summed E-state index contributed by atoms with van der Waals surface area (Å²) in [6.07, 6.45) is 0. The van der Waals surface area contributed by atoms with E-state index in [9.17, 15) is 0 Å². The van der Waals surface area contributed by atoms with Crippen molar-refractivity contribution in [3.05, 3.63) is 204 Å². The lowest BCUT2D eigenvalue weighted by atomic mass is 9.62. The van der Waals surface area contributed by atoms with Crippen molar-refractivity contribution >= 4 is 55.4 Å². The van der Waals surface area contributed by atoms with E-state index in [1.165, 1.54) is 92.5 Å². The van der Waals surface area contributed by atoms with Crippen molar-refractivity contribution in [2.45, 2.75) is 15.2 Å². The van der Waals surface area contributed by atoms with E-state index in [2.05, 4.69) is 191 Å². The highest BCUT2D eigenvalue weighted by molar-refractivity contribution is 7.99. The smallest absolute Gasteiger partial charge is 0.0765 e. The van der Waals surface area contributed by atoms with Crippen LogP contribution in [0.3, 0.4) is 0 Å². The van der Waals surface area contributed by atoms with Crippen LogP contribution in [0, 0.1) is 0 Å². The third kappa shape index (κ3) is 3.56. The van der Waals surface area contributed by atoms with Crippen LogP contribution in [0.15, 0.2) is 192 Å². The fourth-order valence-corrected chi connectivity index (χ4v) is 10.7. The van der Waals surface area contributed by atoms with E-state index >= 15 is 0 Å². The topological polar surface area (TPSA) is 9.86 Å². The van der Waals surface area contributed by atoms with E-state index in [0.717, 1.165) is 5.69 Å². The van der Waals surface area contributed by atoms with Crippen molar-refractivity contribution in [1.29, 1.82) is 0 Å². The van der Waals surface area contributed by atoms with Gasteiger partial charge in [0.1, 0.15) is 0 Å². The van der Waals surface area contributed by atoms with Crippen LogP contribution in [0.1, 0.15) is 22.3 Å². The summed E-state index contributed by atoms with van der Waals surface area (Å²) in [5.74, 6) is 0. The molecule has 12 rings (SSSR count). The molecule has 0 aliphatic carbocycles. The van der Waals surface area contributed by atoms with Crippen molar-refractivity contribution in [3.8, 4) is 22.5 Å². The van der Waals surface area contributed by atoms with Crippen LogP contribution < -0.4 is 0 Å². The van der Waals surface area contributed by atoms with Crippen molar-refractivity contribution < 1.29 is 0 Å². The van der Waals surface area contributed by atoms with Gasteiger partial charge < -0.3 is 9.13 Å². The van der Waals surface area contributed by atoms with Gasteiger partial charge >= 0.3 is 0 Å². The fraction of sp³-hybridized carbons (Fsp3) is 0.0204. The highest BCUT2D eigenvalue weighted by Gasteiger charge is 2.49. The molecule has 242 valence electrons. The number of benzene rings is 8. The van der Waals surface area contributed by atoms with Gasteiger partial charge in [-0.2, -0.15) is 0 Å². The Hall–Kier alpha value is -6.29. The third-order valence-corrected chi connectivity index (χ3v) is 12.7. The van der Waals surface area contributed by atoms with Crippen molar-refractivity contribution in [2.24, 2.45) is 0 Å². The van der Waals surface area contributed by atoms with Crippen LogP contribution in [-0.4, -0.2) is 9.13 Å². The monoisotopic (exact) mass is 678 g/mol. The summed E-state index contributed by atoms with van der Waals surface area (Å²) in [6, 6.07) is 67.8. The minimum atomic E-state index is -0.529. The number of nitrogens with zero attached hydrogens (tertiary/aromatic N) is 2. The summed E-state index contributed by atoms with van der Waals surface area (Å²) in [5.41, 5.74) is 14.6. The van der Waals surface area contributed by atoms with Gasteiger partial charge in [-0.3, -0.25) is 0 Å². The Kier molecular flexibility index (Phi) is 5.67. The average molecular weight is 679 g/mol. The summed E-state index contributed by atoms with van der Waals surface area (Å²) in [4.78, 5) is 2.62. The van der Waals surface area contributed by atoms with Gasteiger partial charge in [0.25, 0.3) is 0 Å². The SMILES string of the molecule is c1ccc(-c2cccc(-n3c4ccccc4c4cc5c(cc43)C3(c4ccccc4S5)c4ccccc4-n4c5ccccc5c5cccc3c54)c2)cc1. The molecule has 8 aromatic carbocycles. The molecule has 0 fully saturated rings. The van der Waals surface area contributed by atoms with E-state index in [4.69, 9.17) is 0 Å². The number of rotatable bonds is 2. The lowest BCUT2D eigenvalue weighted by Gasteiger charge is -2.45. The first-order chi connectivity index (χ1) is 25.8. The van der Waals surface area contributed by atoms with Crippen LogP contribution in [0.4, 0.5) is 0 Å². The van der Waals surface area contributed by atoms with Crippen LogP contribution in [0.25, 0.3) is 66.1 Å². The Balaban J connectivity index is 1.25. The second-order valence-corrected chi connectivity index (χ2v) is 15.1. The largest absolute Gasteiger partial charge is 0.309 e. The second kappa shape index (κ2) is 10.4. The van der Waals surface area contributed by atoms with Crippen LogP contribution in [0.5, 0.6) is 0 Å². The van der Waals surface area contributed by atoms with E-state index < -0.39 is 5.41 Å². The summed E-state index contributed by atoms with van der Waals surface area (Å²) in [6.45, 7) is 0. The Bertz CT molecular complexity index is 3110. The van der Waals surface area contributed by atoms with Gasteiger partial charge in [-0.15, -0.1) is 0 Å². The number of aromatic nitrogens is 2. The van der Waals surface area contributed by atoms with Gasteiger partial charge in [0.05, 0.1) is 33.2 Å². The molecular weight excluding hydrogens is 649 g/mol. The van der Waals surface area contributed by atoms with E-state index in [1.54, 1.807) is 0 Å². The van der Waals surface area contributed by atoms with Crippen molar-refractivity contribution in [2.75, 3.05) is 0 Å². The Morgan fingerprint density at radius 1 is 0.365 bits per heavy atom. The maximum Gasteiger partial charge on any atom is 0.0765 e. The molecule has 0 saturated carbocycles. The third-order valence-electron chi connectivity index (χ3n) is 11.5. The highest BCUT2D eigenvalue weighted by atomic mass is 32.2. The van der Waals surface area contributed by atoms with Gasteiger partial charge in [0.15, 0.2) is 0 Å². The van der Waals surface area contributed by atoms with Gasteiger partial charge in [-0.25, -0.2) is 0 Å². The molecule has 4 heterocycles. The van der Waals surface area contributed by atoms with Gasteiger partial charge in [-0.1, -0.05) is 145 Å². The van der Waals surface area contributed by atoms with Gasteiger partial charge in [-0.05, 0) is 81.9 Å². The standard InChI is InChI=1S/C49H30N2S/c1-2-14-31(15-3-1)32-16-12-17-33(28-32)50-42-24-8-5-19-35(42)37-29-47-41(30-45(37)50)49(39-22-7-11-27-46(39)52-47)38-21-6-10-26-44(38)51-43-25-9-4-18-34(43)36-20-13-23-40(49)48(36)51/h1-30H. The molecule has 2 nitrogen and oxygen atoms in total. The molecular formula is C49H30N2S. The Morgan fingerprint density at radius 3 is 1.87 bits per heavy atom. The van der Waals surface area contributed by atoms with Crippen LogP contribution >= 0.6 is 11.8 Å². The first-order valence-corrected chi connectivity index (χ1v) is 18.8. The zero-order chi connectivity index (χ0) is 34.0. The molecule has 0 bridgehead atoms. The molecule has 0 amide bonds. The van der Waals surface area contributed by atoms with E-state index in [1.807, 2.05) is 11.8 Å². The normalized spacial score (nSPS) is 15.7. The van der Waals surface area contributed by atoms with Crippen LogP contribution in [0.2, 0.25) is 0 Å². The molecule has 0 saturated heterocycles. The first kappa shape index (κ1) is 28.4. The molecule has 1 spiro atoms. The molecule has 52 heavy (non-hydrogen) atoms. The van der Waals surface area contributed by atoms with E-state index in [-0.39, 0.29) is 0 Å². The minimum Gasteiger partial charge on any atom is -0.309 e. The number of fused-ring (bicyclic) bond motifs is 14. The molecule has 1 atom stereocenters. The van der Waals surface area contributed by atoms with Crippen LogP contribution in [-0.2, 0) is 5.41 Å². The maximum absolute atomic E-state index is 2.54. The zero-order valence-electron chi connectivity index (χ0n) is 28.1. The summed E-state index contributed by atoms with van der Waals surface area (Å²) in [7, 11) is 0. The molecule has 10 aromatic rings. The van der Waals surface area contributed by atoms with E-state index in [0.29, 0.717) is 0 Å². The molecule has 2 aromatic heterocycles. The number of para-hydroxylation sites is 4. The number of hydrogen-bond acceptors (Lipinski definition) is 1. The first-order valence-electron chi connectivity index (χ1n) is 17.9. The summed E-state index contributed by atoms with van der Waals surface area (Å²) >= 11 is 1.91. The highest BCUT2D eigenvalue weighted by Crippen LogP contribution is 2.61. The maximum atomic E-state index is 2.54. The predicted molar refractivity (Wildman–Crippen MR) is 217 cm³/mol. The quantitative estimate of drug-likeness (QED) is 0.177. The summed E-state index contributed by atoms with van der Waals surface area (Å²) in [5, 5.41) is 5.13. The summed E-state index contributed by atoms with van der Waals surface area (Å²) < 4.78 is 5.01. The van der Waals surface area contributed by atoms with Gasteiger partial charge in [0, 0.05) is 37.0 Å². The fourth-order valence-electron chi connectivity index (χ4n) is 9.52. The molecule has 0 N–H and O–H groups in total. The average Bonchev–Trinajstić information content (AvgIpc) is 3.72. The molecule has 0 radical (unpaired) electrons. The predicted octanol–water partition coefficient (Wildman–Crippen LogP) is 12.7. The molecule has 3 heteroatoms. The molecule has 2 aliphatic rings. The lowest BCUT2D eigenvalue weighted by molar-refractivity contribution is 0.690. The lowest BCUT2D eigenvalue weighted by Crippen LogP contribution is -2.37. The van der Waals surface area contributed by atoms with Crippen molar-refractivity contribution in [1.82, 2.24) is 9.13 Å². The van der Waals surface area contributed by atoms with Gasteiger partial charge in [0.2, 0.25) is 0 Å².